The minimum absolute atomic E-state index is 0.652. The third kappa shape index (κ3) is 1.76. The number of rotatable bonds is 3. The Balaban J connectivity index is 1.51. The van der Waals surface area contributed by atoms with Crippen LogP contribution in [0.1, 0.15) is 51.9 Å². The molecule has 1 aliphatic heterocycles. The van der Waals surface area contributed by atoms with Gasteiger partial charge in [-0.3, -0.25) is 4.90 Å². The highest BCUT2D eigenvalue weighted by Crippen LogP contribution is 2.58. The molecule has 0 radical (unpaired) electrons. The summed E-state index contributed by atoms with van der Waals surface area (Å²) >= 11 is 0. The van der Waals surface area contributed by atoms with E-state index in [1.807, 2.05) is 0 Å². The highest BCUT2D eigenvalue weighted by Gasteiger charge is 2.54. The molecule has 5 aliphatic rings. The van der Waals surface area contributed by atoms with Crippen LogP contribution in [0.4, 0.5) is 0 Å². The average Bonchev–Trinajstić information content (AvgIpc) is 2.77. The van der Waals surface area contributed by atoms with Gasteiger partial charge >= 0.3 is 0 Å². The second kappa shape index (κ2) is 4.21. The van der Waals surface area contributed by atoms with Crippen LogP contribution in [0.5, 0.6) is 0 Å². The molecular formula is C16H28N2. The van der Waals surface area contributed by atoms with E-state index in [-0.39, 0.29) is 0 Å². The summed E-state index contributed by atoms with van der Waals surface area (Å²) < 4.78 is 0. The van der Waals surface area contributed by atoms with Crippen LogP contribution in [0.15, 0.2) is 0 Å². The first-order chi connectivity index (χ1) is 8.77. The van der Waals surface area contributed by atoms with Crippen molar-refractivity contribution < 1.29 is 0 Å². The lowest BCUT2D eigenvalue weighted by Crippen LogP contribution is -2.59. The molecule has 18 heavy (non-hydrogen) atoms. The molecule has 1 saturated heterocycles. The van der Waals surface area contributed by atoms with Crippen molar-refractivity contribution in [1.82, 2.24) is 10.2 Å². The summed E-state index contributed by atoms with van der Waals surface area (Å²) in [5.74, 6) is 3.28. The molecule has 1 heterocycles. The maximum absolute atomic E-state index is 3.66. The second-order valence-electron chi connectivity index (χ2n) is 7.63. The van der Waals surface area contributed by atoms with Crippen LogP contribution in [-0.4, -0.2) is 36.1 Å². The van der Waals surface area contributed by atoms with Gasteiger partial charge in [0.2, 0.25) is 0 Å². The van der Waals surface area contributed by atoms with E-state index in [1.54, 1.807) is 38.5 Å². The van der Waals surface area contributed by atoms with Crippen LogP contribution in [0, 0.1) is 17.8 Å². The summed E-state index contributed by atoms with van der Waals surface area (Å²) in [6.07, 6.45) is 10.7. The SMILES string of the molecule is CCNC1CCN(C23CC4CC(CC(C4)C2)C3)C1. The third-order valence-electron chi connectivity index (χ3n) is 6.36. The van der Waals surface area contributed by atoms with Crippen LogP contribution in [0.3, 0.4) is 0 Å². The summed E-state index contributed by atoms with van der Waals surface area (Å²) in [5, 5.41) is 3.66. The Kier molecular flexibility index (Phi) is 2.74. The number of likely N-dealkylation sites (tertiary alicyclic amines) is 1. The molecule has 1 unspecified atom stereocenters. The summed E-state index contributed by atoms with van der Waals surface area (Å²) in [6.45, 7) is 6.08. The van der Waals surface area contributed by atoms with E-state index in [9.17, 15) is 0 Å². The predicted octanol–water partition coefficient (Wildman–Crippen LogP) is 2.64. The molecule has 0 aromatic heterocycles. The van der Waals surface area contributed by atoms with Crippen molar-refractivity contribution in [2.75, 3.05) is 19.6 Å². The lowest BCUT2D eigenvalue weighted by Gasteiger charge is -2.60. The van der Waals surface area contributed by atoms with Gasteiger partial charge < -0.3 is 5.32 Å². The van der Waals surface area contributed by atoms with Gasteiger partial charge in [-0.25, -0.2) is 0 Å². The topological polar surface area (TPSA) is 15.3 Å². The van der Waals surface area contributed by atoms with Crippen molar-refractivity contribution in [3.05, 3.63) is 0 Å². The fourth-order valence-corrected chi connectivity index (χ4v) is 6.10. The summed E-state index contributed by atoms with van der Waals surface area (Å²) in [4.78, 5) is 2.91. The van der Waals surface area contributed by atoms with Gasteiger partial charge in [0.25, 0.3) is 0 Å². The zero-order valence-corrected chi connectivity index (χ0v) is 11.8. The van der Waals surface area contributed by atoms with Crippen molar-refractivity contribution >= 4 is 0 Å². The van der Waals surface area contributed by atoms with Gasteiger partial charge in [-0.2, -0.15) is 0 Å². The minimum atomic E-state index is 0.652. The molecule has 0 spiro atoms. The quantitative estimate of drug-likeness (QED) is 0.826. The first-order valence-corrected chi connectivity index (χ1v) is 8.26. The lowest BCUT2D eigenvalue weighted by atomic mass is 9.52. The van der Waals surface area contributed by atoms with E-state index >= 15 is 0 Å². The summed E-state index contributed by atoms with van der Waals surface area (Å²) in [7, 11) is 0. The molecule has 102 valence electrons. The van der Waals surface area contributed by atoms with Gasteiger partial charge in [0, 0.05) is 24.7 Å². The molecular weight excluding hydrogens is 220 g/mol. The Morgan fingerprint density at radius 2 is 1.67 bits per heavy atom. The average molecular weight is 248 g/mol. The molecule has 0 aromatic carbocycles. The summed E-state index contributed by atoms with van der Waals surface area (Å²) in [5.41, 5.74) is 0.652. The van der Waals surface area contributed by atoms with Gasteiger partial charge in [-0.05, 0) is 69.2 Å². The van der Waals surface area contributed by atoms with Crippen LogP contribution >= 0.6 is 0 Å². The number of hydrogen-bond donors (Lipinski definition) is 1. The monoisotopic (exact) mass is 248 g/mol. The first-order valence-electron chi connectivity index (χ1n) is 8.26. The van der Waals surface area contributed by atoms with Gasteiger partial charge in [0.05, 0.1) is 0 Å². The van der Waals surface area contributed by atoms with E-state index < -0.39 is 0 Å². The van der Waals surface area contributed by atoms with Crippen molar-refractivity contribution in [3.63, 3.8) is 0 Å². The Bertz CT molecular complexity index is 290. The van der Waals surface area contributed by atoms with E-state index in [1.165, 1.54) is 19.5 Å². The van der Waals surface area contributed by atoms with Gasteiger partial charge in [-0.15, -0.1) is 0 Å². The van der Waals surface area contributed by atoms with Gasteiger partial charge in [0.1, 0.15) is 0 Å². The molecule has 4 saturated carbocycles. The molecule has 2 nitrogen and oxygen atoms in total. The number of likely N-dealkylation sites (N-methyl/N-ethyl adjacent to an activating group) is 1. The molecule has 1 atom stereocenters. The smallest absolute Gasteiger partial charge is 0.0218 e. The van der Waals surface area contributed by atoms with E-state index in [0.29, 0.717) is 5.54 Å². The fraction of sp³-hybridized carbons (Fsp3) is 1.00. The molecule has 0 aromatic rings. The fourth-order valence-electron chi connectivity index (χ4n) is 6.10. The van der Waals surface area contributed by atoms with Crippen molar-refractivity contribution in [2.45, 2.75) is 63.5 Å². The largest absolute Gasteiger partial charge is 0.313 e. The zero-order valence-electron chi connectivity index (χ0n) is 11.8. The standard InChI is InChI=1S/C16H28N2/c1-2-17-15-3-4-18(11-15)16-8-12-5-13(9-16)7-14(6-12)10-16/h12-15,17H,2-11H2,1H3. The summed E-state index contributed by atoms with van der Waals surface area (Å²) in [6, 6.07) is 0.781. The lowest BCUT2D eigenvalue weighted by molar-refractivity contribution is -0.0808. The van der Waals surface area contributed by atoms with E-state index in [0.717, 1.165) is 30.3 Å². The van der Waals surface area contributed by atoms with Gasteiger partial charge in [0.15, 0.2) is 0 Å². The molecule has 0 amide bonds. The molecule has 4 aliphatic carbocycles. The predicted molar refractivity (Wildman–Crippen MR) is 74.6 cm³/mol. The van der Waals surface area contributed by atoms with Crippen molar-refractivity contribution in [2.24, 2.45) is 17.8 Å². The van der Waals surface area contributed by atoms with Crippen LogP contribution < -0.4 is 5.32 Å². The van der Waals surface area contributed by atoms with E-state index in [4.69, 9.17) is 0 Å². The molecule has 2 heteroatoms. The Morgan fingerprint density at radius 3 is 2.22 bits per heavy atom. The number of nitrogens with one attached hydrogen (secondary N) is 1. The van der Waals surface area contributed by atoms with E-state index in [2.05, 4.69) is 17.1 Å². The normalized spacial score (nSPS) is 51.2. The van der Waals surface area contributed by atoms with Crippen LogP contribution in [0.25, 0.3) is 0 Å². The Hall–Kier alpha value is -0.0800. The first kappa shape index (κ1) is 11.7. The highest BCUT2D eigenvalue weighted by atomic mass is 15.3. The maximum atomic E-state index is 3.66. The molecule has 5 rings (SSSR count). The van der Waals surface area contributed by atoms with Crippen LogP contribution in [-0.2, 0) is 0 Å². The highest BCUT2D eigenvalue weighted by molar-refractivity contribution is 5.09. The zero-order chi connectivity index (χ0) is 12.2. The Morgan fingerprint density at radius 1 is 1.06 bits per heavy atom. The third-order valence-corrected chi connectivity index (χ3v) is 6.36. The van der Waals surface area contributed by atoms with Crippen LogP contribution in [0.2, 0.25) is 0 Å². The number of hydrogen-bond acceptors (Lipinski definition) is 2. The molecule has 1 N–H and O–H groups in total. The van der Waals surface area contributed by atoms with Crippen molar-refractivity contribution in [1.29, 1.82) is 0 Å². The van der Waals surface area contributed by atoms with Gasteiger partial charge in [-0.1, -0.05) is 6.92 Å². The number of nitrogens with zero attached hydrogens (tertiary/aromatic N) is 1. The maximum Gasteiger partial charge on any atom is 0.0218 e. The molecule has 5 fully saturated rings. The van der Waals surface area contributed by atoms with Crippen molar-refractivity contribution in [3.8, 4) is 0 Å². The Labute approximate surface area is 111 Å². The molecule has 4 bridgehead atoms. The minimum Gasteiger partial charge on any atom is -0.313 e. The second-order valence-corrected chi connectivity index (χ2v) is 7.63.